The average Bonchev–Trinajstić information content (AvgIpc) is 3.20. The fraction of sp³-hybridized carbons (Fsp3) is 0.238. The van der Waals surface area contributed by atoms with Gasteiger partial charge in [-0.25, -0.2) is 0 Å². The lowest BCUT2D eigenvalue weighted by Gasteiger charge is -2.25. The van der Waals surface area contributed by atoms with Gasteiger partial charge >= 0.3 is 0 Å². The first-order valence-electron chi connectivity index (χ1n) is 7.99. The molecule has 0 aliphatic heterocycles. The number of allylic oxidation sites excluding steroid dienone is 4. The lowest BCUT2D eigenvalue weighted by molar-refractivity contribution is 0.435. The third kappa shape index (κ3) is 1.51. The zero-order valence-electron chi connectivity index (χ0n) is 12.0. The van der Waals surface area contributed by atoms with E-state index in [1.165, 1.54) is 24.0 Å². The van der Waals surface area contributed by atoms with Gasteiger partial charge in [-0.3, -0.25) is 0 Å². The van der Waals surface area contributed by atoms with Crippen molar-refractivity contribution in [1.29, 1.82) is 0 Å². The van der Waals surface area contributed by atoms with Crippen LogP contribution in [0.4, 0.5) is 0 Å². The van der Waals surface area contributed by atoms with E-state index in [0.29, 0.717) is 11.8 Å². The fourth-order valence-corrected chi connectivity index (χ4v) is 4.74. The van der Waals surface area contributed by atoms with Crippen LogP contribution in [0.2, 0.25) is 0 Å². The van der Waals surface area contributed by atoms with Gasteiger partial charge in [0.05, 0.1) is 0 Å². The predicted molar refractivity (Wildman–Crippen MR) is 87.2 cm³/mol. The van der Waals surface area contributed by atoms with E-state index in [-0.39, 0.29) is 0 Å². The molecule has 2 aromatic carbocycles. The van der Waals surface area contributed by atoms with E-state index in [1.54, 1.807) is 16.7 Å². The van der Waals surface area contributed by atoms with Crippen LogP contribution in [0.15, 0.2) is 72.3 Å². The van der Waals surface area contributed by atoms with E-state index in [0.717, 1.165) is 5.92 Å². The number of benzene rings is 2. The van der Waals surface area contributed by atoms with Gasteiger partial charge in [-0.05, 0) is 41.0 Å². The van der Waals surface area contributed by atoms with Crippen molar-refractivity contribution in [2.75, 3.05) is 0 Å². The lowest BCUT2D eigenvalue weighted by atomic mass is 9.78. The lowest BCUT2D eigenvalue weighted by Crippen LogP contribution is -2.15. The van der Waals surface area contributed by atoms with Crippen LogP contribution in [0.1, 0.15) is 29.9 Å². The predicted octanol–water partition coefficient (Wildman–Crippen LogP) is 5.32. The summed E-state index contributed by atoms with van der Waals surface area (Å²) in [6.07, 6.45) is 9.64. The minimum absolute atomic E-state index is 0.580. The monoisotopic (exact) mass is 270 g/mol. The zero-order chi connectivity index (χ0) is 13.8. The first-order chi connectivity index (χ1) is 10.4. The summed E-state index contributed by atoms with van der Waals surface area (Å²) in [5, 5.41) is 0. The Morgan fingerprint density at radius 2 is 1.48 bits per heavy atom. The first-order valence-corrected chi connectivity index (χ1v) is 7.99. The SMILES string of the molecule is C1=CC2C(=C1)CCC2C1c2ccccc2-c2ccccc21. The third-order valence-electron chi connectivity index (χ3n) is 5.59. The second-order valence-corrected chi connectivity index (χ2v) is 6.51. The molecule has 0 amide bonds. The Hall–Kier alpha value is -2.08. The van der Waals surface area contributed by atoms with Crippen molar-refractivity contribution in [3.63, 3.8) is 0 Å². The molecular formula is C21H18. The van der Waals surface area contributed by atoms with Gasteiger partial charge in [-0.1, -0.05) is 72.3 Å². The molecule has 0 bridgehead atoms. The van der Waals surface area contributed by atoms with Gasteiger partial charge in [-0.15, -0.1) is 0 Å². The van der Waals surface area contributed by atoms with E-state index >= 15 is 0 Å². The average molecular weight is 270 g/mol. The van der Waals surface area contributed by atoms with Crippen LogP contribution in [0, 0.1) is 11.8 Å². The van der Waals surface area contributed by atoms with E-state index in [9.17, 15) is 0 Å². The Kier molecular flexibility index (Phi) is 2.32. The molecule has 2 unspecified atom stereocenters. The van der Waals surface area contributed by atoms with Gasteiger partial charge in [0.15, 0.2) is 0 Å². The van der Waals surface area contributed by atoms with Crippen molar-refractivity contribution in [2.45, 2.75) is 18.8 Å². The highest BCUT2D eigenvalue weighted by Gasteiger charge is 2.41. The molecule has 0 nitrogen and oxygen atoms in total. The van der Waals surface area contributed by atoms with Gasteiger partial charge in [0, 0.05) is 11.8 Å². The van der Waals surface area contributed by atoms with E-state index in [1.807, 2.05) is 0 Å². The highest BCUT2D eigenvalue weighted by molar-refractivity contribution is 5.79. The Morgan fingerprint density at radius 3 is 2.19 bits per heavy atom. The Balaban J connectivity index is 1.70. The van der Waals surface area contributed by atoms with Crippen molar-refractivity contribution in [3.8, 4) is 11.1 Å². The van der Waals surface area contributed by atoms with E-state index in [2.05, 4.69) is 66.8 Å². The smallest absolute Gasteiger partial charge is 0.0139 e. The molecule has 0 N–H and O–H groups in total. The van der Waals surface area contributed by atoms with Gasteiger partial charge in [0.1, 0.15) is 0 Å². The van der Waals surface area contributed by atoms with Crippen molar-refractivity contribution in [1.82, 2.24) is 0 Å². The molecule has 0 saturated heterocycles. The highest BCUT2D eigenvalue weighted by Crippen LogP contribution is 2.55. The molecule has 3 aliphatic carbocycles. The molecule has 21 heavy (non-hydrogen) atoms. The van der Waals surface area contributed by atoms with Gasteiger partial charge < -0.3 is 0 Å². The van der Waals surface area contributed by atoms with E-state index < -0.39 is 0 Å². The maximum Gasteiger partial charge on any atom is 0.0139 e. The van der Waals surface area contributed by atoms with Crippen molar-refractivity contribution in [3.05, 3.63) is 83.5 Å². The fourth-order valence-electron chi connectivity index (χ4n) is 4.74. The van der Waals surface area contributed by atoms with Gasteiger partial charge in [0.25, 0.3) is 0 Å². The molecule has 0 heterocycles. The van der Waals surface area contributed by atoms with Crippen LogP contribution in [-0.4, -0.2) is 0 Å². The molecule has 0 radical (unpaired) electrons. The summed E-state index contributed by atoms with van der Waals surface area (Å²) in [7, 11) is 0. The molecule has 3 aliphatic rings. The summed E-state index contributed by atoms with van der Waals surface area (Å²) in [6, 6.07) is 18.0. The van der Waals surface area contributed by atoms with Crippen LogP contribution in [-0.2, 0) is 0 Å². The standard InChI is InChI=1S/C21H18/c1-3-9-18-16(7-1)17-8-2-4-10-19(17)21(18)20-13-12-14-6-5-11-15(14)20/h1-11,15,20-21H,12-13H2. The normalized spacial score (nSPS) is 25.6. The summed E-state index contributed by atoms with van der Waals surface area (Å²) < 4.78 is 0. The minimum atomic E-state index is 0.580. The van der Waals surface area contributed by atoms with Gasteiger partial charge in [0.2, 0.25) is 0 Å². The molecule has 0 aromatic heterocycles. The minimum Gasteiger partial charge on any atom is -0.0770 e. The molecular weight excluding hydrogens is 252 g/mol. The Morgan fingerprint density at radius 1 is 0.810 bits per heavy atom. The maximum atomic E-state index is 2.43. The van der Waals surface area contributed by atoms with Crippen LogP contribution >= 0.6 is 0 Å². The molecule has 102 valence electrons. The summed E-state index contributed by atoms with van der Waals surface area (Å²) in [5.74, 6) is 1.99. The van der Waals surface area contributed by atoms with Crippen LogP contribution < -0.4 is 0 Å². The largest absolute Gasteiger partial charge is 0.0770 e. The highest BCUT2D eigenvalue weighted by atomic mass is 14.4. The topological polar surface area (TPSA) is 0 Å². The zero-order valence-corrected chi connectivity index (χ0v) is 12.0. The third-order valence-corrected chi connectivity index (χ3v) is 5.59. The first kappa shape index (κ1) is 11.6. The molecule has 2 atom stereocenters. The molecule has 0 spiro atoms. The summed E-state index contributed by atoms with van der Waals surface area (Å²) >= 11 is 0. The van der Waals surface area contributed by atoms with Crippen molar-refractivity contribution in [2.24, 2.45) is 11.8 Å². The van der Waals surface area contributed by atoms with Crippen LogP contribution in [0.3, 0.4) is 0 Å². The number of hydrogen-bond donors (Lipinski definition) is 0. The van der Waals surface area contributed by atoms with Gasteiger partial charge in [-0.2, -0.15) is 0 Å². The molecule has 0 heteroatoms. The summed E-state index contributed by atoms with van der Waals surface area (Å²) in [4.78, 5) is 0. The van der Waals surface area contributed by atoms with Crippen LogP contribution in [0.5, 0.6) is 0 Å². The molecule has 1 fully saturated rings. The molecule has 1 saturated carbocycles. The summed E-state index contributed by atoms with van der Waals surface area (Å²) in [6.45, 7) is 0. The number of fused-ring (bicyclic) bond motifs is 4. The van der Waals surface area contributed by atoms with Crippen molar-refractivity contribution >= 4 is 0 Å². The molecule has 5 rings (SSSR count). The second-order valence-electron chi connectivity index (χ2n) is 6.51. The Bertz CT molecular complexity index is 733. The second kappa shape index (κ2) is 4.21. The number of rotatable bonds is 1. The number of hydrogen-bond acceptors (Lipinski definition) is 0. The Labute approximate surface area is 125 Å². The van der Waals surface area contributed by atoms with E-state index in [4.69, 9.17) is 0 Å². The molecule has 2 aromatic rings. The van der Waals surface area contributed by atoms with Crippen molar-refractivity contribution < 1.29 is 0 Å². The van der Waals surface area contributed by atoms with Crippen LogP contribution in [0.25, 0.3) is 11.1 Å². The maximum absolute atomic E-state index is 2.43. The quantitative estimate of drug-likeness (QED) is 0.657. The summed E-state index contributed by atoms with van der Waals surface area (Å²) in [5.41, 5.74) is 7.66.